The summed E-state index contributed by atoms with van der Waals surface area (Å²) >= 11 is 25.6. The van der Waals surface area contributed by atoms with Gasteiger partial charge in [-0.05, 0) is 54.1 Å². The highest BCUT2D eigenvalue weighted by Gasteiger charge is 2.30. The van der Waals surface area contributed by atoms with Crippen molar-refractivity contribution in [1.82, 2.24) is 9.80 Å². The molecule has 3 aromatic rings. The molecule has 37 heavy (non-hydrogen) atoms. The number of nitrogens with one attached hydrogen (secondary N) is 1. The third-order valence-electron chi connectivity index (χ3n) is 5.52. The Morgan fingerprint density at radius 2 is 1.62 bits per heavy atom. The minimum absolute atomic E-state index is 0. The van der Waals surface area contributed by atoms with Crippen molar-refractivity contribution in [2.45, 2.75) is 18.2 Å². The van der Waals surface area contributed by atoms with E-state index < -0.39 is 11.6 Å². The fraction of sp³-hybridized carbons (Fsp3) is 0.192. The summed E-state index contributed by atoms with van der Waals surface area (Å²) in [5, 5.41) is 4.35. The lowest BCUT2D eigenvalue weighted by molar-refractivity contribution is -0.117. The fourth-order valence-electron chi connectivity index (χ4n) is 3.67. The van der Waals surface area contributed by atoms with E-state index in [0.29, 0.717) is 33.0 Å². The topological polar surface area (TPSA) is 44.8 Å². The maximum absolute atomic E-state index is 13.1. The van der Waals surface area contributed by atoms with Gasteiger partial charge in [0.15, 0.2) is 0 Å². The van der Waals surface area contributed by atoms with Gasteiger partial charge in [0.2, 0.25) is 5.91 Å². The molecule has 0 bridgehead atoms. The predicted octanol–water partition coefficient (Wildman–Crippen LogP) is 7.72. The van der Waals surface area contributed by atoms with Gasteiger partial charge in [0, 0.05) is 38.7 Å². The van der Waals surface area contributed by atoms with Crippen LogP contribution in [0.2, 0.25) is 15.1 Å². The van der Waals surface area contributed by atoms with Crippen molar-refractivity contribution in [2.24, 2.45) is 0 Å². The molecule has 0 saturated heterocycles. The van der Waals surface area contributed by atoms with Crippen molar-refractivity contribution in [3.63, 3.8) is 0 Å². The Hall–Kier alpha value is -2.19. The van der Waals surface area contributed by atoms with Crippen LogP contribution in [0.3, 0.4) is 0 Å². The number of nitrogens with zero attached hydrogens (tertiary/aromatic N) is 2. The lowest BCUT2D eigenvalue weighted by atomic mass is 10.1. The molecule has 0 radical (unpaired) electrons. The molecule has 11 heteroatoms. The molecule has 2 unspecified atom stereocenters. The van der Waals surface area contributed by atoms with Gasteiger partial charge in [0.25, 0.3) is 0 Å². The van der Waals surface area contributed by atoms with E-state index in [1.165, 1.54) is 24.3 Å². The molecular weight excluding hydrogens is 583 g/mol. The number of alkyl halides is 1. The molecule has 1 N–H and O–H groups in total. The normalized spacial score (nSPS) is 14.3. The van der Waals surface area contributed by atoms with Crippen LogP contribution in [0, 0.1) is 5.82 Å². The second-order valence-corrected chi connectivity index (χ2v) is 9.81. The van der Waals surface area contributed by atoms with Gasteiger partial charge < -0.3 is 19.9 Å². The van der Waals surface area contributed by atoms with Gasteiger partial charge in [-0.1, -0.05) is 64.6 Å². The van der Waals surface area contributed by atoms with Gasteiger partial charge in [-0.3, -0.25) is 4.79 Å². The molecule has 3 aromatic carbocycles. The molecule has 1 aliphatic rings. The Labute approximate surface area is 241 Å². The SMILES string of the molecule is Cl.O=C(CN1C=CN(C(Cl)C(OCc2c(Cl)cccc2Cl)c2ccc(Cl)cc2)C1)Nc1ccc(F)cc1. The van der Waals surface area contributed by atoms with Crippen LogP contribution >= 0.6 is 58.8 Å². The molecule has 4 rings (SSSR count). The standard InChI is InChI=1S/C26H22Cl4FN3O2.ClH/c27-18-6-4-17(5-7-18)25(36-15-21-22(28)2-1-3-23(21)29)26(30)34-13-12-33(16-34)14-24(35)32-20-10-8-19(31)9-11-20;/h1-13,25-26H,14-16H2,(H,32,35);1H. The number of benzene rings is 3. The first-order valence-corrected chi connectivity index (χ1v) is 12.5. The molecule has 0 spiro atoms. The maximum atomic E-state index is 13.1. The Kier molecular flexibility index (Phi) is 10.8. The third-order valence-corrected chi connectivity index (χ3v) is 6.96. The zero-order chi connectivity index (χ0) is 25.7. The van der Waals surface area contributed by atoms with E-state index in [0.717, 1.165) is 5.56 Å². The minimum Gasteiger partial charge on any atom is -0.365 e. The van der Waals surface area contributed by atoms with Crippen LogP contribution in [0.1, 0.15) is 17.2 Å². The minimum atomic E-state index is -0.617. The number of carbonyl (C=O) groups is 1. The molecule has 0 aliphatic carbocycles. The monoisotopic (exact) mass is 603 g/mol. The summed E-state index contributed by atoms with van der Waals surface area (Å²) in [5.74, 6) is -0.605. The van der Waals surface area contributed by atoms with Crippen LogP contribution in [-0.2, 0) is 16.1 Å². The van der Waals surface area contributed by atoms with E-state index in [-0.39, 0.29) is 37.3 Å². The summed E-state index contributed by atoms with van der Waals surface area (Å²) in [6, 6.07) is 18.1. The van der Waals surface area contributed by atoms with Crippen molar-refractivity contribution < 1.29 is 13.9 Å². The summed E-state index contributed by atoms with van der Waals surface area (Å²) in [6.45, 7) is 0.608. The quantitative estimate of drug-likeness (QED) is 0.200. The van der Waals surface area contributed by atoms with Crippen LogP contribution < -0.4 is 5.32 Å². The van der Waals surface area contributed by atoms with Crippen LogP contribution in [-0.4, -0.2) is 34.4 Å². The molecule has 1 amide bonds. The molecule has 5 nitrogen and oxygen atoms in total. The fourth-order valence-corrected chi connectivity index (χ4v) is 4.65. The summed E-state index contributed by atoms with van der Waals surface area (Å²) in [4.78, 5) is 16.1. The second-order valence-electron chi connectivity index (χ2n) is 8.11. The molecule has 0 fully saturated rings. The average molecular weight is 606 g/mol. The zero-order valence-electron chi connectivity index (χ0n) is 19.3. The molecule has 2 atom stereocenters. The molecular formula is C26H23Cl5FN3O2. The first-order chi connectivity index (χ1) is 17.3. The van der Waals surface area contributed by atoms with Crippen LogP contribution in [0.25, 0.3) is 0 Å². The molecule has 1 heterocycles. The number of rotatable bonds is 9. The number of anilines is 1. The van der Waals surface area contributed by atoms with Gasteiger partial charge >= 0.3 is 0 Å². The lowest BCUT2D eigenvalue weighted by Crippen LogP contribution is -2.38. The summed E-state index contributed by atoms with van der Waals surface area (Å²) in [5.41, 5.74) is 1.39. The number of ether oxygens (including phenoxy) is 1. The van der Waals surface area contributed by atoms with E-state index in [1.807, 2.05) is 17.0 Å². The molecule has 196 valence electrons. The van der Waals surface area contributed by atoms with Crippen LogP contribution in [0.5, 0.6) is 0 Å². The molecule has 1 aliphatic heterocycles. The smallest absolute Gasteiger partial charge is 0.243 e. The summed E-state index contributed by atoms with van der Waals surface area (Å²) in [7, 11) is 0. The number of halogens is 6. The zero-order valence-corrected chi connectivity index (χ0v) is 23.1. The Morgan fingerprint density at radius 3 is 2.27 bits per heavy atom. The Bertz CT molecular complexity index is 1210. The van der Waals surface area contributed by atoms with Crippen molar-refractivity contribution >= 4 is 70.4 Å². The van der Waals surface area contributed by atoms with E-state index in [9.17, 15) is 9.18 Å². The van der Waals surface area contributed by atoms with Crippen molar-refractivity contribution in [3.8, 4) is 0 Å². The van der Waals surface area contributed by atoms with Crippen molar-refractivity contribution in [2.75, 3.05) is 18.5 Å². The number of hydrogen-bond donors (Lipinski definition) is 1. The Morgan fingerprint density at radius 1 is 0.973 bits per heavy atom. The van der Waals surface area contributed by atoms with E-state index in [2.05, 4.69) is 5.32 Å². The van der Waals surface area contributed by atoms with Gasteiger partial charge in [-0.15, -0.1) is 12.4 Å². The van der Waals surface area contributed by atoms with E-state index >= 15 is 0 Å². The summed E-state index contributed by atoms with van der Waals surface area (Å²) in [6.07, 6.45) is 3.02. The number of carbonyl (C=O) groups excluding carboxylic acids is 1. The summed E-state index contributed by atoms with van der Waals surface area (Å²) < 4.78 is 19.3. The highest BCUT2D eigenvalue weighted by Crippen LogP contribution is 2.33. The van der Waals surface area contributed by atoms with Crippen molar-refractivity contribution in [1.29, 1.82) is 0 Å². The predicted molar refractivity (Wildman–Crippen MR) is 150 cm³/mol. The number of hydrogen-bond acceptors (Lipinski definition) is 4. The largest absolute Gasteiger partial charge is 0.365 e. The van der Waals surface area contributed by atoms with Gasteiger partial charge in [-0.2, -0.15) is 0 Å². The third kappa shape index (κ3) is 7.90. The lowest BCUT2D eigenvalue weighted by Gasteiger charge is -2.31. The van der Waals surface area contributed by atoms with Gasteiger partial charge in [-0.25, -0.2) is 4.39 Å². The molecule has 0 aromatic heterocycles. The maximum Gasteiger partial charge on any atom is 0.243 e. The second kappa shape index (κ2) is 13.6. The van der Waals surface area contributed by atoms with Crippen LogP contribution in [0.15, 0.2) is 79.1 Å². The first kappa shape index (κ1) is 29.4. The highest BCUT2D eigenvalue weighted by molar-refractivity contribution is 6.36. The Balaban J connectivity index is 0.00000380. The van der Waals surface area contributed by atoms with Gasteiger partial charge in [0.05, 0.1) is 19.8 Å². The van der Waals surface area contributed by atoms with Crippen molar-refractivity contribution in [3.05, 3.63) is 111 Å². The van der Waals surface area contributed by atoms with E-state index in [4.69, 9.17) is 51.1 Å². The van der Waals surface area contributed by atoms with Gasteiger partial charge in [0.1, 0.15) is 17.4 Å². The highest BCUT2D eigenvalue weighted by atomic mass is 35.5. The molecule has 0 saturated carbocycles. The first-order valence-electron chi connectivity index (χ1n) is 11.0. The average Bonchev–Trinajstić information content (AvgIpc) is 3.31. The van der Waals surface area contributed by atoms with Crippen LogP contribution in [0.4, 0.5) is 10.1 Å². The number of amides is 1. The van der Waals surface area contributed by atoms with E-state index in [1.54, 1.807) is 47.6 Å².